The summed E-state index contributed by atoms with van der Waals surface area (Å²) in [6.07, 6.45) is 0.644. The summed E-state index contributed by atoms with van der Waals surface area (Å²) in [4.78, 5) is 10.8. The number of hydrogen-bond donors (Lipinski definition) is 1. The molecule has 0 aliphatic carbocycles. The van der Waals surface area contributed by atoms with Gasteiger partial charge in [0.25, 0.3) is 0 Å². The van der Waals surface area contributed by atoms with Gasteiger partial charge in [-0.3, -0.25) is 0 Å². The second-order valence-electron chi connectivity index (χ2n) is 2.96. The number of carboxylic acid groups (broad SMARTS) is 1. The fraction of sp³-hybridized carbons (Fsp3) is 0.667. The molecule has 0 radical (unpaired) electrons. The summed E-state index contributed by atoms with van der Waals surface area (Å²) in [5.74, 6) is 0.995. The normalized spacial score (nSPS) is 10.5. The zero-order valence-electron chi connectivity index (χ0n) is 8.93. The van der Waals surface area contributed by atoms with E-state index < -0.39 is 5.97 Å². The Labute approximate surface area is 92.9 Å². The average molecular weight is 229 g/mol. The predicted molar refractivity (Wildman–Crippen MR) is 59.4 cm³/mol. The lowest BCUT2D eigenvalue weighted by Gasteiger charge is -2.03. The quantitative estimate of drug-likeness (QED) is 0.744. The second-order valence-corrected chi connectivity index (χ2v) is 4.36. The largest absolute Gasteiger partial charge is 0.476 e. The molecule has 0 fully saturated rings. The van der Waals surface area contributed by atoms with Gasteiger partial charge in [0, 0.05) is 5.75 Å². The van der Waals surface area contributed by atoms with E-state index in [4.69, 9.17) is 5.11 Å². The summed E-state index contributed by atoms with van der Waals surface area (Å²) in [7, 11) is 0. The molecule has 0 spiro atoms. The lowest BCUT2D eigenvalue weighted by molar-refractivity contribution is 0.0689. The Balaban J connectivity index is 2.75. The monoisotopic (exact) mass is 229 g/mol. The number of carboxylic acids is 1. The highest BCUT2D eigenvalue weighted by Gasteiger charge is 2.16. The number of aryl methyl sites for hydroxylation is 1. The van der Waals surface area contributed by atoms with Crippen LogP contribution in [0.2, 0.25) is 0 Å². The van der Waals surface area contributed by atoms with Crippen molar-refractivity contribution in [3.8, 4) is 0 Å². The van der Waals surface area contributed by atoms with Gasteiger partial charge in [-0.05, 0) is 12.2 Å². The van der Waals surface area contributed by atoms with E-state index in [1.165, 1.54) is 0 Å². The van der Waals surface area contributed by atoms with Crippen LogP contribution in [0.5, 0.6) is 0 Å². The highest BCUT2D eigenvalue weighted by Crippen LogP contribution is 2.08. The first kappa shape index (κ1) is 12.0. The average Bonchev–Trinajstić information content (AvgIpc) is 2.61. The number of hydrogen-bond acceptors (Lipinski definition) is 4. The smallest absolute Gasteiger partial charge is 0.358 e. The molecular weight excluding hydrogens is 214 g/mol. The van der Waals surface area contributed by atoms with Crippen molar-refractivity contribution in [3.63, 3.8) is 0 Å². The Bertz CT molecular complexity index is 338. The van der Waals surface area contributed by atoms with Gasteiger partial charge in [-0.1, -0.05) is 19.1 Å². The van der Waals surface area contributed by atoms with Crippen molar-refractivity contribution < 1.29 is 9.90 Å². The summed E-state index contributed by atoms with van der Waals surface area (Å²) >= 11 is 1.80. The van der Waals surface area contributed by atoms with Gasteiger partial charge in [-0.2, -0.15) is 11.8 Å². The summed E-state index contributed by atoms with van der Waals surface area (Å²) in [5, 5.41) is 16.4. The van der Waals surface area contributed by atoms with E-state index in [2.05, 4.69) is 17.2 Å². The van der Waals surface area contributed by atoms with Crippen LogP contribution < -0.4 is 0 Å². The number of nitrogens with zero attached hydrogens (tertiary/aromatic N) is 3. The third-order valence-electron chi connectivity index (χ3n) is 2.03. The number of thioether (sulfide) groups is 1. The van der Waals surface area contributed by atoms with Crippen LogP contribution in [0.4, 0.5) is 0 Å². The summed E-state index contributed by atoms with van der Waals surface area (Å²) in [5.41, 5.74) is 0.790. The van der Waals surface area contributed by atoms with Crippen molar-refractivity contribution in [1.29, 1.82) is 0 Å². The highest BCUT2D eigenvalue weighted by atomic mass is 32.2. The van der Waals surface area contributed by atoms with E-state index in [1.54, 1.807) is 16.4 Å². The summed E-state index contributed by atoms with van der Waals surface area (Å²) in [6.45, 7) is 4.73. The number of aromatic carboxylic acids is 1. The Kier molecular flexibility index (Phi) is 4.61. The van der Waals surface area contributed by atoms with E-state index in [0.29, 0.717) is 12.1 Å². The van der Waals surface area contributed by atoms with Crippen molar-refractivity contribution in [3.05, 3.63) is 11.4 Å². The van der Waals surface area contributed by atoms with Gasteiger partial charge < -0.3 is 5.11 Å². The molecule has 6 heteroatoms. The van der Waals surface area contributed by atoms with Crippen LogP contribution in [0, 0.1) is 0 Å². The van der Waals surface area contributed by atoms with Crippen LogP contribution in [-0.2, 0) is 13.0 Å². The third-order valence-corrected chi connectivity index (χ3v) is 2.91. The molecule has 0 amide bonds. The predicted octanol–water partition coefficient (Wildman–Crippen LogP) is 1.29. The van der Waals surface area contributed by atoms with E-state index in [1.807, 2.05) is 6.92 Å². The standard InChI is InChI=1S/C9H15N3O2S/c1-3-7-8(9(13)14)10-11-12(7)5-6-15-4-2/h3-6H2,1-2H3,(H,13,14). The van der Waals surface area contributed by atoms with Crippen molar-refractivity contribution >= 4 is 17.7 Å². The molecule has 0 saturated carbocycles. The maximum Gasteiger partial charge on any atom is 0.358 e. The Morgan fingerprint density at radius 1 is 1.53 bits per heavy atom. The molecule has 1 aromatic heterocycles. The van der Waals surface area contributed by atoms with Crippen LogP contribution in [0.3, 0.4) is 0 Å². The topological polar surface area (TPSA) is 68.0 Å². The van der Waals surface area contributed by atoms with Crippen molar-refractivity contribution in [2.75, 3.05) is 11.5 Å². The van der Waals surface area contributed by atoms with E-state index in [0.717, 1.165) is 18.1 Å². The lowest BCUT2D eigenvalue weighted by Crippen LogP contribution is -2.09. The van der Waals surface area contributed by atoms with Gasteiger partial charge in [0.1, 0.15) is 0 Å². The molecule has 15 heavy (non-hydrogen) atoms. The fourth-order valence-electron chi connectivity index (χ4n) is 1.32. The van der Waals surface area contributed by atoms with E-state index in [9.17, 15) is 4.79 Å². The zero-order valence-corrected chi connectivity index (χ0v) is 9.75. The molecule has 84 valence electrons. The van der Waals surface area contributed by atoms with Crippen LogP contribution in [-0.4, -0.2) is 37.6 Å². The highest BCUT2D eigenvalue weighted by molar-refractivity contribution is 7.99. The van der Waals surface area contributed by atoms with Gasteiger partial charge in [-0.25, -0.2) is 9.48 Å². The van der Waals surface area contributed by atoms with Crippen LogP contribution in [0.1, 0.15) is 30.0 Å². The molecule has 0 aromatic carbocycles. The van der Waals surface area contributed by atoms with Crippen LogP contribution >= 0.6 is 11.8 Å². The number of rotatable bonds is 6. The van der Waals surface area contributed by atoms with Gasteiger partial charge in [0.05, 0.1) is 12.2 Å². The first-order chi connectivity index (χ1) is 7.20. The van der Waals surface area contributed by atoms with Crippen LogP contribution in [0.15, 0.2) is 0 Å². The molecule has 1 heterocycles. The molecule has 0 aliphatic heterocycles. The Morgan fingerprint density at radius 2 is 2.27 bits per heavy atom. The van der Waals surface area contributed by atoms with Gasteiger partial charge >= 0.3 is 5.97 Å². The fourth-order valence-corrected chi connectivity index (χ4v) is 1.91. The zero-order chi connectivity index (χ0) is 11.3. The van der Waals surface area contributed by atoms with E-state index >= 15 is 0 Å². The Hall–Kier alpha value is -1.04. The van der Waals surface area contributed by atoms with Crippen molar-refractivity contribution in [2.45, 2.75) is 26.8 Å². The molecule has 1 rings (SSSR count). The maximum absolute atomic E-state index is 10.8. The van der Waals surface area contributed by atoms with Crippen molar-refractivity contribution in [2.24, 2.45) is 0 Å². The summed E-state index contributed by atoms with van der Waals surface area (Å²) in [6, 6.07) is 0. The Morgan fingerprint density at radius 3 is 2.80 bits per heavy atom. The lowest BCUT2D eigenvalue weighted by atomic mass is 10.2. The maximum atomic E-state index is 10.8. The van der Waals surface area contributed by atoms with Gasteiger partial charge in [-0.15, -0.1) is 5.10 Å². The second kappa shape index (κ2) is 5.75. The third kappa shape index (κ3) is 2.95. The molecule has 0 bridgehead atoms. The SMILES string of the molecule is CCSCCn1nnc(C(=O)O)c1CC. The first-order valence-corrected chi connectivity index (χ1v) is 6.09. The minimum absolute atomic E-state index is 0.0824. The summed E-state index contributed by atoms with van der Waals surface area (Å²) < 4.78 is 1.69. The molecule has 1 aromatic rings. The minimum atomic E-state index is -0.999. The molecule has 1 N–H and O–H groups in total. The number of carbonyl (C=O) groups is 1. The van der Waals surface area contributed by atoms with Crippen LogP contribution in [0.25, 0.3) is 0 Å². The van der Waals surface area contributed by atoms with E-state index in [-0.39, 0.29) is 5.69 Å². The minimum Gasteiger partial charge on any atom is -0.476 e. The number of aromatic nitrogens is 3. The molecular formula is C9H15N3O2S. The molecule has 0 aliphatic rings. The van der Waals surface area contributed by atoms with Crippen molar-refractivity contribution in [1.82, 2.24) is 15.0 Å². The molecule has 0 atom stereocenters. The molecule has 0 unspecified atom stereocenters. The van der Waals surface area contributed by atoms with Gasteiger partial charge in [0.15, 0.2) is 5.69 Å². The van der Waals surface area contributed by atoms with Gasteiger partial charge in [0.2, 0.25) is 0 Å². The first-order valence-electron chi connectivity index (χ1n) is 4.94. The molecule has 0 saturated heterocycles. The molecule has 5 nitrogen and oxygen atoms in total.